The van der Waals surface area contributed by atoms with Crippen molar-refractivity contribution in [3.8, 4) is 5.75 Å². The molecule has 114 valence electrons. The van der Waals surface area contributed by atoms with Crippen LogP contribution >= 0.6 is 0 Å². The van der Waals surface area contributed by atoms with Gasteiger partial charge in [-0.3, -0.25) is 9.78 Å². The van der Waals surface area contributed by atoms with E-state index < -0.39 is 0 Å². The predicted molar refractivity (Wildman–Crippen MR) is 85.1 cm³/mol. The van der Waals surface area contributed by atoms with E-state index in [1.807, 2.05) is 30.3 Å². The average Bonchev–Trinajstić information content (AvgIpc) is 2.51. The Labute approximate surface area is 130 Å². The fourth-order valence-corrected chi connectivity index (χ4v) is 2.55. The molecule has 0 spiro atoms. The third-order valence-corrected chi connectivity index (χ3v) is 4.04. The highest BCUT2D eigenvalue weighted by atomic mass is 16.5. The lowest BCUT2D eigenvalue weighted by Crippen LogP contribution is -2.39. The first-order valence-corrected chi connectivity index (χ1v) is 7.62. The Kier molecular flexibility index (Phi) is 4.37. The second-order valence-corrected chi connectivity index (χ2v) is 5.71. The lowest BCUT2D eigenvalue weighted by atomic mass is 9.93. The summed E-state index contributed by atoms with van der Waals surface area (Å²) in [5, 5.41) is 3.04. The summed E-state index contributed by atoms with van der Waals surface area (Å²) in [7, 11) is 1.66. The van der Waals surface area contributed by atoms with Crippen LogP contribution in [0.5, 0.6) is 5.75 Å². The lowest BCUT2D eigenvalue weighted by molar-refractivity contribution is 0.0916. The van der Waals surface area contributed by atoms with Crippen LogP contribution in [0.25, 0.3) is 0 Å². The van der Waals surface area contributed by atoms with E-state index in [-0.39, 0.29) is 5.91 Å². The fraction of sp³-hybridized carbons (Fsp3) is 0.333. The summed E-state index contributed by atoms with van der Waals surface area (Å²) in [4.78, 5) is 16.4. The van der Waals surface area contributed by atoms with Crippen molar-refractivity contribution < 1.29 is 9.53 Å². The molecule has 1 heterocycles. The molecule has 1 fully saturated rings. The summed E-state index contributed by atoms with van der Waals surface area (Å²) in [6, 6.07) is 10.2. The minimum atomic E-state index is -0.0234. The van der Waals surface area contributed by atoms with E-state index >= 15 is 0 Å². The zero-order valence-electron chi connectivity index (χ0n) is 12.7. The van der Waals surface area contributed by atoms with Crippen molar-refractivity contribution in [3.63, 3.8) is 0 Å². The van der Waals surface area contributed by atoms with Crippen molar-refractivity contribution in [3.05, 3.63) is 59.4 Å². The number of nitrogens with zero attached hydrogens (tertiary/aromatic N) is 1. The summed E-state index contributed by atoms with van der Waals surface area (Å²) in [5.74, 6) is 0.814. The third kappa shape index (κ3) is 3.45. The number of amides is 1. The Morgan fingerprint density at radius 1 is 1.27 bits per heavy atom. The molecule has 0 radical (unpaired) electrons. The first kappa shape index (κ1) is 14.6. The van der Waals surface area contributed by atoms with Gasteiger partial charge in [0.05, 0.1) is 12.7 Å². The minimum absolute atomic E-state index is 0.0234. The van der Waals surface area contributed by atoms with Crippen LogP contribution in [0.1, 0.15) is 40.7 Å². The molecular formula is C18H20N2O2. The van der Waals surface area contributed by atoms with Gasteiger partial charge >= 0.3 is 0 Å². The van der Waals surface area contributed by atoms with Crippen molar-refractivity contribution in [1.82, 2.24) is 10.3 Å². The SMILES string of the molecule is COc1cccc(Cc2cncc(C(=O)NC3CCC3)c2)c1. The highest BCUT2D eigenvalue weighted by molar-refractivity contribution is 5.94. The Bertz CT molecular complexity index is 666. The number of benzene rings is 1. The molecule has 4 nitrogen and oxygen atoms in total. The quantitative estimate of drug-likeness (QED) is 0.923. The van der Waals surface area contributed by atoms with Gasteiger partial charge in [-0.1, -0.05) is 12.1 Å². The van der Waals surface area contributed by atoms with E-state index in [1.165, 1.54) is 6.42 Å². The maximum Gasteiger partial charge on any atom is 0.253 e. The maximum absolute atomic E-state index is 12.2. The topological polar surface area (TPSA) is 51.2 Å². The standard InChI is InChI=1S/C18H20N2O2/c1-22-17-7-2-4-13(10-17)8-14-9-15(12-19-11-14)18(21)20-16-5-3-6-16/h2,4,7,9-12,16H,3,5-6,8H2,1H3,(H,20,21). The molecule has 1 amide bonds. The molecule has 0 atom stereocenters. The normalized spacial score (nSPS) is 14.2. The van der Waals surface area contributed by atoms with Crippen LogP contribution in [0.4, 0.5) is 0 Å². The maximum atomic E-state index is 12.2. The molecule has 1 saturated carbocycles. The van der Waals surface area contributed by atoms with Gasteiger partial charge in [-0.2, -0.15) is 0 Å². The molecule has 0 unspecified atom stereocenters. The molecule has 1 aliphatic carbocycles. The number of hydrogen-bond donors (Lipinski definition) is 1. The predicted octanol–water partition coefficient (Wildman–Crippen LogP) is 2.96. The molecule has 0 aliphatic heterocycles. The molecule has 1 aromatic heterocycles. The molecular weight excluding hydrogens is 276 g/mol. The number of pyridine rings is 1. The van der Waals surface area contributed by atoms with E-state index in [4.69, 9.17) is 4.74 Å². The van der Waals surface area contributed by atoms with Crippen molar-refractivity contribution in [1.29, 1.82) is 0 Å². The summed E-state index contributed by atoms with van der Waals surface area (Å²) < 4.78 is 5.24. The number of carbonyl (C=O) groups excluding carboxylic acids is 1. The minimum Gasteiger partial charge on any atom is -0.497 e. The number of aromatic nitrogens is 1. The lowest BCUT2D eigenvalue weighted by Gasteiger charge is -2.26. The van der Waals surface area contributed by atoms with E-state index in [2.05, 4.69) is 10.3 Å². The van der Waals surface area contributed by atoms with Crippen molar-refractivity contribution in [2.75, 3.05) is 7.11 Å². The van der Waals surface area contributed by atoms with Crippen LogP contribution in [0.2, 0.25) is 0 Å². The molecule has 3 rings (SSSR count). The number of ether oxygens (including phenoxy) is 1. The van der Waals surface area contributed by atoms with Gasteiger partial charge in [0.2, 0.25) is 0 Å². The first-order valence-electron chi connectivity index (χ1n) is 7.62. The van der Waals surface area contributed by atoms with Crippen molar-refractivity contribution in [2.24, 2.45) is 0 Å². The highest BCUT2D eigenvalue weighted by Gasteiger charge is 2.20. The third-order valence-electron chi connectivity index (χ3n) is 4.04. The average molecular weight is 296 g/mol. The van der Waals surface area contributed by atoms with Gasteiger partial charge in [0.25, 0.3) is 5.91 Å². The van der Waals surface area contributed by atoms with Crippen molar-refractivity contribution in [2.45, 2.75) is 31.7 Å². The molecule has 1 N–H and O–H groups in total. The van der Waals surface area contributed by atoms with Gasteiger partial charge < -0.3 is 10.1 Å². The zero-order chi connectivity index (χ0) is 15.4. The summed E-state index contributed by atoms with van der Waals surface area (Å²) in [6.45, 7) is 0. The molecule has 2 aromatic rings. The van der Waals surface area contributed by atoms with Crippen LogP contribution in [-0.4, -0.2) is 24.0 Å². The van der Waals surface area contributed by atoms with Crippen LogP contribution in [-0.2, 0) is 6.42 Å². The fourth-order valence-electron chi connectivity index (χ4n) is 2.55. The Morgan fingerprint density at radius 2 is 2.14 bits per heavy atom. The van der Waals surface area contributed by atoms with Gasteiger partial charge in [0, 0.05) is 18.4 Å². The Morgan fingerprint density at radius 3 is 2.86 bits per heavy atom. The van der Waals surface area contributed by atoms with E-state index in [1.54, 1.807) is 19.5 Å². The highest BCUT2D eigenvalue weighted by Crippen LogP contribution is 2.19. The molecule has 4 heteroatoms. The Balaban J connectivity index is 1.71. The van der Waals surface area contributed by atoms with E-state index in [0.717, 1.165) is 36.1 Å². The molecule has 1 aliphatic rings. The van der Waals surface area contributed by atoms with Crippen LogP contribution < -0.4 is 10.1 Å². The zero-order valence-corrected chi connectivity index (χ0v) is 12.7. The van der Waals surface area contributed by atoms with Crippen LogP contribution in [0.3, 0.4) is 0 Å². The number of carbonyl (C=O) groups is 1. The molecule has 0 bridgehead atoms. The number of nitrogens with one attached hydrogen (secondary N) is 1. The number of rotatable bonds is 5. The number of methoxy groups -OCH3 is 1. The van der Waals surface area contributed by atoms with Gasteiger partial charge in [0.1, 0.15) is 5.75 Å². The monoisotopic (exact) mass is 296 g/mol. The second-order valence-electron chi connectivity index (χ2n) is 5.71. The van der Waals surface area contributed by atoms with Crippen molar-refractivity contribution >= 4 is 5.91 Å². The molecule has 22 heavy (non-hydrogen) atoms. The number of hydrogen-bond acceptors (Lipinski definition) is 3. The summed E-state index contributed by atoms with van der Waals surface area (Å²) >= 11 is 0. The largest absolute Gasteiger partial charge is 0.497 e. The van der Waals surface area contributed by atoms with Gasteiger partial charge in [0.15, 0.2) is 0 Å². The summed E-state index contributed by atoms with van der Waals surface area (Å²) in [5.41, 5.74) is 2.79. The van der Waals surface area contributed by atoms with Gasteiger partial charge in [-0.05, 0) is 55.0 Å². The van der Waals surface area contributed by atoms with E-state index in [0.29, 0.717) is 11.6 Å². The summed E-state index contributed by atoms with van der Waals surface area (Å²) in [6.07, 6.45) is 7.54. The first-order chi connectivity index (χ1) is 10.7. The van der Waals surface area contributed by atoms with Crippen LogP contribution in [0, 0.1) is 0 Å². The molecule has 0 saturated heterocycles. The smallest absolute Gasteiger partial charge is 0.253 e. The second kappa shape index (κ2) is 6.60. The van der Waals surface area contributed by atoms with E-state index in [9.17, 15) is 4.79 Å². The van der Waals surface area contributed by atoms with Gasteiger partial charge in [-0.15, -0.1) is 0 Å². The Hall–Kier alpha value is -2.36. The molecule has 1 aromatic carbocycles. The van der Waals surface area contributed by atoms with Crippen LogP contribution in [0.15, 0.2) is 42.7 Å². The van der Waals surface area contributed by atoms with Gasteiger partial charge in [-0.25, -0.2) is 0 Å².